The Labute approximate surface area is 166 Å². The number of benzene rings is 2. The van der Waals surface area contributed by atoms with Crippen LogP contribution in [0.5, 0.6) is 0 Å². The second-order valence-corrected chi connectivity index (χ2v) is 8.09. The second kappa shape index (κ2) is 7.37. The highest BCUT2D eigenvalue weighted by molar-refractivity contribution is 9.10. The number of halogens is 1. The first-order valence-corrected chi connectivity index (χ1v) is 9.82. The minimum Gasteiger partial charge on any atom is -0.465 e. The average Bonchev–Trinajstić information content (AvgIpc) is 3.15. The number of aromatic nitrogens is 1. The minimum absolute atomic E-state index is 0.156. The third kappa shape index (κ3) is 3.59. The number of carbonyl (C=O) groups is 1. The first-order chi connectivity index (χ1) is 13.0. The highest BCUT2D eigenvalue weighted by Gasteiger charge is 2.36. The molecule has 1 amide bonds. The van der Waals surface area contributed by atoms with Crippen molar-refractivity contribution in [1.29, 1.82) is 0 Å². The molecule has 2 atom stereocenters. The molecule has 140 valence electrons. The van der Waals surface area contributed by atoms with Crippen molar-refractivity contribution in [2.45, 2.75) is 19.1 Å². The van der Waals surface area contributed by atoms with E-state index in [1.807, 2.05) is 6.07 Å². The van der Waals surface area contributed by atoms with Crippen LogP contribution in [0.3, 0.4) is 0 Å². The molecule has 0 spiro atoms. The molecule has 2 unspecified atom stereocenters. The fourth-order valence-corrected chi connectivity index (χ4v) is 4.62. The van der Waals surface area contributed by atoms with E-state index in [9.17, 15) is 4.79 Å². The lowest BCUT2D eigenvalue weighted by Crippen LogP contribution is -2.35. The van der Waals surface area contributed by atoms with Crippen LogP contribution in [0.1, 0.15) is 17.3 Å². The fourth-order valence-electron chi connectivity index (χ4n) is 4.24. The number of nitrogens with one attached hydrogen (secondary N) is 1. The van der Waals surface area contributed by atoms with Gasteiger partial charge < -0.3 is 15.0 Å². The molecule has 1 aromatic heterocycles. The molecule has 0 aliphatic carbocycles. The van der Waals surface area contributed by atoms with Gasteiger partial charge in [-0.2, -0.15) is 0 Å². The topological polar surface area (TPSA) is 57.5 Å². The monoisotopic (exact) mass is 427 g/mol. The predicted octanol–water partition coefficient (Wildman–Crippen LogP) is 4.47. The van der Waals surface area contributed by atoms with Gasteiger partial charge in [-0.15, -0.1) is 0 Å². The van der Waals surface area contributed by atoms with Crippen molar-refractivity contribution < 1.29 is 9.90 Å². The number of nitrogens with zero attached hydrogens (tertiary/aromatic N) is 2. The molecular weight excluding hydrogens is 406 g/mol. The Hall–Kier alpha value is -2.31. The van der Waals surface area contributed by atoms with Crippen molar-refractivity contribution in [3.63, 3.8) is 0 Å². The smallest absolute Gasteiger partial charge is 0.404 e. The molecule has 2 N–H and O–H groups in total. The van der Waals surface area contributed by atoms with Gasteiger partial charge in [0.2, 0.25) is 0 Å². The highest BCUT2D eigenvalue weighted by atomic mass is 79.9. The summed E-state index contributed by atoms with van der Waals surface area (Å²) >= 11 is 3.55. The van der Waals surface area contributed by atoms with Gasteiger partial charge in [-0.1, -0.05) is 46.3 Å². The summed E-state index contributed by atoms with van der Waals surface area (Å²) in [6.07, 6.45) is -0.968. The van der Waals surface area contributed by atoms with E-state index in [-0.39, 0.29) is 12.0 Å². The summed E-state index contributed by atoms with van der Waals surface area (Å²) in [5.41, 5.74) is 3.70. The first kappa shape index (κ1) is 18.1. The van der Waals surface area contributed by atoms with Crippen molar-refractivity contribution in [2.24, 2.45) is 5.92 Å². The van der Waals surface area contributed by atoms with Gasteiger partial charge in [0.25, 0.3) is 0 Å². The van der Waals surface area contributed by atoms with Gasteiger partial charge in [-0.3, -0.25) is 4.90 Å². The predicted molar refractivity (Wildman–Crippen MR) is 110 cm³/mol. The Balaban J connectivity index is 1.68. The van der Waals surface area contributed by atoms with Crippen LogP contribution < -0.4 is 5.32 Å². The van der Waals surface area contributed by atoms with Gasteiger partial charge in [0.15, 0.2) is 0 Å². The van der Waals surface area contributed by atoms with Crippen molar-refractivity contribution in [1.82, 2.24) is 14.8 Å². The van der Waals surface area contributed by atoms with Crippen molar-refractivity contribution in [3.05, 3.63) is 70.3 Å². The number of rotatable bonds is 5. The van der Waals surface area contributed by atoms with Crippen molar-refractivity contribution >= 4 is 32.9 Å². The molecule has 2 aromatic carbocycles. The van der Waals surface area contributed by atoms with Crippen molar-refractivity contribution in [3.8, 4) is 0 Å². The van der Waals surface area contributed by atoms with Crippen LogP contribution in [-0.4, -0.2) is 34.3 Å². The zero-order valence-electron chi connectivity index (χ0n) is 15.1. The van der Waals surface area contributed by atoms with Gasteiger partial charge in [-0.25, -0.2) is 4.79 Å². The molecule has 3 aromatic rings. The maximum absolute atomic E-state index is 11.0. The van der Waals surface area contributed by atoms with E-state index in [1.54, 1.807) is 0 Å². The molecule has 5 nitrogen and oxygen atoms in total. The number of fused-ring (bicyclic) bond motifs is 3. The Morgan fingerprint density at radius 3 is 2.78 bits per heavy atom. The minimum atomic E-state index is -0.968. The van der Waals surface area contributed by atoms with E-state index < -0.39 is 6.09 Å². The highest BCUT2D eigenvalue weighted by Crippen LogP contribution is 2.40. The third-order valence-electron chi connectivity index (χ3n) is 5.33. The van der Waals surface area contributed by atoms with Crippen LogP contribution in [0.2, 0.25) is 0 Å². The largest absolute Gasteiger partial charge is 0.465 e. The van der Waals surface area contributed by atoms with Gasteiger partial charge in [0, 0.05) is 46.6 Å². The third-order valence-corrected chi connectivity index (χ3v) is 5.82. The molecular formula is C21H22BrN3O2. The molecule has 0 bridgehead atoms. The van der Waals surface area contributed by atoms with Gasteiger partial charge in [-0.05, 0) is 36.9 Å². The number of amides is 1. The summed E-state index contributed by atoms with van der Waals surface area (Å²) in [6.45, 7) is 2.07. The lowest BCUT2D eigenvalue weighted by molar-refractivity contribution is 0.167. The van der Waals surface area contributed by atoms with Crippen LogP contribution >= 0.6 is 15.9 Å². The second-order valence-electron chi connectivity index (χ2n) is 7.17. The standard InChI is InChI=1S/C21H22BrN3O2/c1-24(12-14-5-3-2-4-6-14)20-16(11-23-21(26)27)13-25-18-8-7-17(22)9-15(18)10-19(20)25/h2-10,16,20,23H,11-13H2,1H3,(H,26,27). The summed E-state index contributed by atoms with van der Waals surface area (Å²) in [6, 6.07) is 19.1. The van der Waals surface area contributed by atoms with Crippen LogP contribution in [0.4, 0.5) is 4.79 Å². The Morgan fingerprint density at radius 1 is 1.26 bits per heavy atom. The van der Waals surface area contributed by atoms with E-state index >= 15 is 0 Å². The van der Waals surface area contributed by atoms with Crippen LogP contribution in [-0.2, 0) is 13.1 Å². The fraction of sp³-hybridized carbons (Fsp3) is 0.286. The SMILES string of the molecule is CN(Cc1ccccc1)C1c2cc3cc(Br)ccc3n2CC1CNC(=O)O. The molecule has 6 heteroatoms. The summed E-state index contributed by atoms with van der Waals surface area (Å²) in [5, 5.41) is 12.9. The molecule has 1 aliphatic heterocycles. The Bertz CT molecular complexity index is 970. The number of carboxylic acid groups (broad SMARTS) is 1. The van der Waals surface area contributed by atoms with Crippen LogP contribution in [0, 0.1) is 5.92 Å². The van der Waals surface area contributed by atoms with Gasteiger partial charge >= 0.3 is 6.09 Å². The molecule has 4 rings (SSSR count). The van der Waals surface area contributed by atoms with Crippen molar-refractivity contribution in [2.75, 3.05) is 13.6 Å². The van der Waals surface area contributed by atoms with Gasteiger partial charge in [0.1, 0.15) is 0 Å². The average molecular weight is 428 g/mol. The molecule has 0 saturated carbocycles. The van der Waals surface area contributed by atoms with E-state index in [1.165, 1.54) is 22.2 Å². The maximum atomic E-state index is 11.0. The lowest BCUT2D eigenvalue weighted by atomic mass is 9.98. The molecule has 2 heterocycles. The first-order valence-electron chi connectivity index (χ1n) is 9.02. The quantitative estimate of drug-likeness (QED) is 0.631. The Kier molecular flexibility index (Phi) is 4.93. The Morgan fingerprint density at radius 2 is 2.04 bits per heavy atom. The maximum Gasteiger partial charge on any atom is 0.404 e. The summed E-state index contributed by atoms with van der Waals surface area (Å²) < 4.78 is 3.40. The zero-order chi connectivity index (χ0) is 19.0. The van der Waals surface area contributed by atoms with E-state index in [4.69, 9.17) is 5.11 Å². The summed E-state index contributed by atoms with van der Waals surface area (Å²) in [4.78, 5) is 13.4. The van der Waals surface area contributed by atoms with Gasteiger partial charge in [0.05, 0.1) is 6.04 Å². The number of hydrogen-bond donors (Lipinski definition) is 2. The molecule has 27 heavy (non-hydrogen) atoms. The van der Waals surface area contributed by atoms with E-state index in [0.717, 1.165) is 17.6 Å². The molecule has 0 saturated heterocycles. The van der Waals surface area contributed by atoms with Crippen LogP contribution in [0.25, 0.3) is 10.9 Å². The van der Waals surface area contributed by atoms with Crippen LogP contribution in [0.15, 0.2) is 59.1 Å². The van der Waals surface area contributed by atoms with E-state index in [0.29, 0.717) is 6.54 Å². The number of hydrogen-bond acceptors (Lipinski definition) is 2. The zero-order valence-corrected chi connectivity index (χ0v) is 16.7. The van der Waals surface area contributed by atoms with E-state index in [2.05, 4.69) is 86.3 Å². The normalized spacial score (nSPS) is 18.8. The lowest BCUT2D eigenvalue weighted by Gasteiger charge is -2.29. The summed E-state index contributed by atoms with van der Waals surface area (Å²) in [5.74, 6) is 0.192. The molecule has 1 aliphatic rings. The molecule has 0 radical (unpaired) electrons. The summed E-state index contributed by atoms with van der Waals surface area (Å²) in [7, 11) is 2.12. The molecule has 0 fully saturated rings.